The van der Waals surface area contributed by atoms with Crippen molar-refractivity contribution in [3.05, 3.63) is 53.2 Å². The molecule has 0 aliphatic carbocycles. The summed E-state index contributed by atoms with van der Waals surface area (Å²) in [5.74, 6) is -0.145. The quantitative estimate of drug-likeness (QED) is 0.788. The van der Waals surface area contributed by atoms with Crippen molar-refractivity contribution in [1.82, 2.24) is 14.7 Å². The van der Waals surface area contributed by atoms with E-state index in [0.29, 0.717) is 4.91 Å². The molecule has 2 aromatic rings. The van der Waals surface area contributed by atoms with E-state index in [1.54, 1.807) is 6.20 Å². The Morgan fingerprint density at radius 2 is 1.88 bits per heavy atom. The molecule has 1 aromatic carbocycles. The van der Waals surface area contributed by atoms with Crippen molar-refractivity contribution in [2.24, 2.45) is 4.99 Å². The van der Waals surface area contributed by atoms with Crippen LogP contribution in [0, 0.1) is 0 Å². The van der Waals surface area contributed by atoms with Crippen LogP contribution in [0.2, 0.25) is 0 Å². The number of carbonyl (C=O) groups excluding carboxylic acids is 1. The molecule has 1 fully saturated rings. The Kier molecular flexibility index (Phi) is 4.21. The zero-order chi connectivity index (χ0) is 16.4. The summed E-state index contributed by atoms with van der Waals surface area (Å²) in [4.78, 5) is 19.3. The van der Waals surface area contributed by atoms with E-state index in [9.17, 15) is 4.79 Å². The second-order valence-corrected chi connectivity index (χ2v) is 6.92. The number of hydrogen-bond donors (Lipinski definition) is 0. The Hall–Kier alpha value is -2.34. The summed E-state index contributed by atoms with van der Waals surface area (Å²) < 4.78 is 1.81. The number of carbonyl (C=O) groups is 1. The molecule has 0 spiro atoms. The lowest BCUT2D eigenvalue weighted by Crippen LogP contribution is -2.33. The van der Waals surface area contributed by atoms with E-state index in [4.69, 9.17) is 0 Å². The number of para-hydroxylation sites is 1. The molecule has 1 aromatic heterocycles. The molecule has 0 bridgehead atoms. The smallest absolute Gasteiger partial charge is 0.286 e. The lowest BCUT2D eigenvalue weighted by atomic mass is 10.1. The van der Waals surface area contributed by atoms with Crippen LogP contribution < -0.4 is 0 Å². The van der Waals surface area contributed by atoms with Gasteiger partial charge in [-0.2, -0.15) is 10.1 Å². The first-order valence-electron chi connectivity index (χ1n) is 8.17. The number of aromatic nitrogens is 2. The van der Waals surface area contributed by atoms with E-state index in [0.717, 1.165) is 29.5 Å². The van der Waals surface area contributed by atoms with Gasteiger partial charge in [0.25, 0.3) is 5.91 Å². The first-order valence-corrected chi connectivity index (χ1v) is 8.99. The van der Waals surface area contributed by atoms with Gasteiger partial charge >= 0.3 is 0 Å². The number of hydrogen-bond acceptors (Lipinski definition) is 4. The molecule has 0 unspecified atom stereocenters. The third-order valence-electron chi connectivity index (χ3n) is 4.16. The SMILES string of the molecule is O=C1N=C(N2CCCCC2)SC1=Cc1cnn(-c2ccccc2)c1. The summed E-state index contributed by atoms with van der Waals surface area (Å²) in [6.45, 7) is 2.00. The van der Waals surface area contributed by atoms with Gasteiger partial charge in [-0.25, -0.2) is 4.68 Å². The van der Waals surface area contributed by atoms with E-state index < -0.39 is 0 Å². The van der Waals surface area contributed by atoms with Gasteiger partial charge in [-0.15, -0.1) is 0 Å². The maximum atomic E-state index is 12.2. The maximum absolute atomic E-state index is 12.2. The van der Waals surface area contributed by atoms with Crippen molar-refractivity contribution in [1.29, 1.82) is 0 Å². The molecule has 1 saturated heterocycles. The predicted molar refractivity (Wildman–Crippen MR) is 97.0 cm³/mol. The minimum Gasteiger partial charge on any atom is -0.351 e. The summed E-state index contributed by atoms with van der Waals surface area (Å²) >= 11 is 1.48. The van der Waals surface area contributed by atoms with Crippen molar-refractivity contribution in [2.75, 3.05) is 13.1 Å². The molecule has 4 rings (SSSR count). The van der Waals surface area contributed by atoms with Gasteiger partial charge in [0.15, 0.2) is 5.17 Å². The summed E-state index contributed by atoms with van der Waals surface area (Å²) in [5, 5.41) is 5.21. The van der Waals surface area contributed by atoms with Gasteiger partial charge in [0.1, 0.15) is 0 Å². The zero-order valence-corrected chi connectivity index (χ0v) is 14.1. The molecule has 0 atom stereocenters. The van der Waals surface area contributed by atoms with Crippen molar-refractivity contribution >= 4 is 28.9 Å². The molecule has 122 valence electrons. The van der Waals surface area contributed by atoms with Crippen LogP contribution >= 0.6 is 11.8 Å². The predicted octanol–water partition coefficient (Wildman–Crippen LogP) is 3.33. The van der Waals surface area contributed by atoms with Gasteiger partial charge in [-0.3, -0.25) is 4.79 Å². The van der Waals surface area contributed by atoms with Crippen LogP contribution in [0.1, 0.15) is 24.8 Å². The molecule has 0 radical (unpaired) electrons. The number of thioether (sulfide) groups is 1. The highest BCUT2D eigenvalue weighted by molar-refractivity contribution is 8.18. The number of amidine groups is 1. The third-order valence-corrected chi connectivity index (χ3v) is 5.20. The minimum absolute atomic E-state index is 0.145. The molecule has 3 heterocycles. The second kappa shape index (κ2) is 6.65. The normalized spacial score (nSPS) is 19.8. The number of likely N-dealkylation sites (tertiary alicyclic amines) is 1. The molecule has 0 N–H and O–H groups in total. The molecular formula is C18H18N4OS. The maximum Gasteiger partial charge on any atom is 0.286 e. The fourth-order valence-corrected chi connectivity index (χ4v) is 3.87. The monoisotopic (exact) mass is 338 g/mol. The number of aliphatic imine (C=N–C) groups is 1. The Labute approximate surface area is 145 Å². The van der Waals surface area contributed by atoms with Crippen LogP contribution in [-0.2, 0) is 4.79 Å². The van der Waals surface area contributed by atoms with Crippen LogP contribution in [0.15, 0.2) is 52.6 Å². The zero-order valence-electron chi connectivity index (χ0n) is 13.3. The first-order chi connectivity index (χ1) is 11.8. The highest BCUT2D eigenvalue weighted by Crippen LogP contribution is 2.31. The number of piperidine rings is 1. The first kappa shape index (κ1) is 15.2. The van der Waals surface area contributed by atoms with Crippen molar-refractivity contribution in [3.8, 4) is 5.69 Å². The van der Waals surface area contributed by atoms with Crippen LogP contribution in [0.25, 0.3) is 11.8 Å². The fraction of sp³-hybridized carbons (Fsp3) is 0.278. The molecule has 24 heavy (non-hydrogen) atoms. The summed E-state index contributed by atoms with van der Waals surface area (Å²) in [6, 6.07) is 9.92. The Morgan fingerprint density at radius 3 is 2.67 bits per heavy atom. The average molecular weight is 338 g/mol. The van der Waals surface area contributed by atoms with Crippen LogP contribution in [0.4, 0.5) is 0 Å². The van der Waals surface area contributed by atoms with Gasteiger partial charge in [-0.1, -0.05) is 18.2 Å². The van der Waals surface area contributed by atoms with Crippen molar-refractivity contribution < 1.29 is 4.79 Å². The largest absolute Gasteiger partial charge is 0.351 e. The standard InChI is InChI=1S/C18H18N4OS/c23-17-16(24-18(20-17)21-9-5-2-6-10-21)11-14-12-19-22(13-14)15-7-3-1-4-8-15/h1,3-4,7-8,11-13H,2,5-6,9-10H2. The minimum atomic E-state index is -0.145. The molecule has 2 aliphatic rings. The molecule has 0 saturated carbocycles. The molecular weight excluding hydrogens is 320 g/mol. The number of nitrogens with zero attached hydrogens (tertiary/aromatic N) is 4. The van der Waals surface area contributed by atoms with Crippen molar-refractivity contribution in [2.45, 2.75) is 19.3 Å². The van der Waals surface area contributed by atoms with E-state index in [2.05, 4.69) is 15.0 Å². The Morgan fingerprint density at radius 1 is 1.08 bits per heavy atom. The van der Waals surface area contributed by atoms with Gasteiger partial charge < -0.3 is 4.90 Å². The Balaban J connectivity index is 1.50. The van der Waals surface area contributed by atoms with Gasteiger partial charge in [-0.05, 0) is 49.2 Å². The highest BCUT2D eigenvalue weighted by Gasteiger charge is 2.26. The second-order valence-electron chi connectivity index (χ2n) is 5.91. The molecule has 6 heteroatoms. The lowest BCUT2D eigenvalue weighted by molar-refractivity contribution is -0.113. The van der Waals surface area contributed by atoms with Crippen molar-refractivity contribution in [3.63, 3.8) is 0 Å². The average Bonchev–Trinajstić information content (AvgIpc) is 3.24. The number of amides is 1. The van der Waals surface area contributed by atoms with Crippen LogP contribution in [0.5, 0.6) is 0 Å². The van der Waals surface area contributed by atoms with E-state index >= 15 is 0 Å². The van der Waals surface area contributed by atoms with Crippen LogP contribution in [0.3, 0.4) is 0 Å². The van der Waals surface area contributed by atoms with E-state index in [1.807, 2.05) is 47.3 Å². The lowest BCUT2D eigenvalue weighted by Gasteiger charge is -2.27. The van der Waals surface area contributed by atoms with Crippen LogP contribution in [-0.4, -0.2) is 38.8 Å². The summed E-state index contributed by atoms with van der Waals surface area (Å²) in [7, 11) is 0. The molecule has 5 nitrogen and oxygen atoms in total. The molecule has 2 aliphatic heterocycles. The molecule has 1 amide bonds. The summed E-state index contributed by atoms with van der Waals surface area (Å²) in [5.41, 5.74) is 1.91. The fourth-order valence-electron chi connectivity index (χ4n) is 2.90. The number of benzene rings is 1. The summed E-state index contributed by atoms with van der Waals surface area (Å²) in [6.07, 6.45) is 9.19. The van der Waals surface area contributed by atoms with E-state index in [1.165, 1.54) is 31.0 Å². The Bertz CT molecular complexity index is 803. The number of rotatable bonds is 2. The third kappa shape index (κ3) is 3.14. The van der Waals surface area contributed by atoms with Gasteiger partial charge in [0, 0.05) is 24.8 Å². The van der Waals surface area contributed by atoms with Gasteiger partial charge in [0.05, 0.1) is 16.8 Å². The topological polar surface area (TPSA) is 50.5 Å². The van der Waals surface area contributed by atoms with E-state index in [-0.39, 0.29) is 5.91 Å². The highest BCUT2D eigenvalue weighted by atomic mass is 32.2. The van der Waals surface area contributed by atoms with Gasteiger partial charge in [0.2, 0.25) is 0 Å².